The molecule has 0 saturated carbocycles. The number of ketones is 1. The fourth-order valence-corrected chi connectivity index (χ4v) is 2.01. The summed E-state index contributed by atoms with van der Waals surface area (Å²) in [4.78, 5) is 24.9. The summed E-state index contributed by atoms with van der Waals surface area (Å²) in [5, 5.41) is 8.54. The molecule has 0 amide bonds. The molecular weight excluding hydrogens is 206 g/mol. The van der Waals surface area contributed by atoms with Crippen molar-refractivity contribution >= 4 is 11.8 Å². The van der Waals surface area contributed by atoms with Gasteiger partial charge in [0.1, 0.15) is 0 Å². The lowest BCUT2D eigenvalue weighted by molar-refractivity contribution is -0.137. The quantitative estimate of drug-likeness (QED) is 0.752. The fourth-order valence-electron chi connectivity index (χ4n) is 2.01. The van der Waals surface area contributed by atoms with E-state index in [4.69, 9.17) is 5.11 Å². The van der Waals surface area contributed by atoms with E-state index in [-0.39, 0.29) is 12.2 Å². The van der Waals surface area contributed by atoms with Gasteiger partial charge in [0.05, 0.1) is 0 Å². The molecule has 4 nitrogen and oxygen atoms in total. The summed E-state index contributed by atoms with van der Waals surface area (Å²) < 4.78 is 0. The van der Waals surface area contributed by atoms with Crippen molar-refractivity contribution in [2.24, 2.45) is 0 Å². The summed E-state index contributed by atoms with van der Waals surface area (Å²) in [5.74, 6) is -0.733. The summed E-state index contributed by atoms with van der Waals surface area (Å²) >= 11 is 0. The average Bonchev–Trinajstić information content (AvgIpc) is 2.41. The Balaban J connectivity index is 2.79. The molecule has 0 radical (unpaired) electrons. The number of aromatic nitrogens is 1. The lowest BCUT2D eigenvalue weighted by Crippen LogP contribution is -1.98. The predicted octanol–water partition coefficient (Wildman–Crippen LogP) is 2.24. The number of aromatic amines is 1. The predicted molar refractivity (Wildman–Crippen MR) is 60.8 cm³/mol. The molecule has 0 aliphatic rings. The van der Waals surface area contributed by atoms with Gasteiger partial charge in [0.25, 0.3) is 0 Å². The van der Waals surface area contributed by atoms with Gasteiger partial charge < -0.3 is 10.1 Å². The van der Waals surface area contributed by atoms with E-state index in [1.165, 1.54) is 0 Å². The van der Waals surface area contributed by atoms with Gasteiger partial charge in [-0.05, 0) is 39.2 Å². The highest BCUT2D eigenvalue weighted by molar-refractivity contribution is 5.97. The maximum absolute atomic E-state index is 11.4. The van der Waals surface area contributed by atoms with Crippen molar-refractivity contribution in [3.8, 4) is 0 Å². The number of hydrogen-bond donors (Lipinski definition) is 2. The fraction of sp³-hybridized carbons (Fsp3) is 0.500. The Morgan fingerprint density at radius 1 is 1.31 bits per heavy atom. The van der Waals surface area contributed by atoms with Gasteiger partial charge in [0.15, 0.2) is 5.78 Å². The van der Waals surface area contributed by atoms with Gasteiger partial charge in [-0.1, -0.05) is 0 Å². The average molecular weight is 223 g/mol. The number of Topliss-reactive ketones (excluding diaryl/α,β-unsaturated/α-hetero) is 1. The molecule has 0 aliphatic heterocycles. The number of carboxylic acid groups (broad SMARTS) is 1. The maximum atomic E-state index is 11.4. The van der Waals surface area contributed by atoms with Crippen LogP contribution in [0.5, 0.6) is 0 Å². The molecule has 1 aromatic heterocycles. The summed E-state index contributed by atoms with van der Waals surface area (Å²) in [5.41, 5.74) is 3.54. The van der Waals surface area contributed by atoms with Crippen molar-refractivity contribution < 1.29 is 14.7 Å². The Labute approximate surface area is 94.7 Å². The molecule has 0 unspecified atom stereocenters. The third kappa shape index (κ3) is 2.72. The molecule has 0 fully saturated rings. The first-order chi connectivity index (χ1) is 7.43. The molecule has 2 N–H and O–H groups in total. The molecule has 1 aromatic rings. The Kier molecular flexibility index (Phi) is 3.88. The van der Waals surface area contributed by atoms with Crippen LogP contribution in [0.2, 0.25) is 0 Å². The number of carboxylic acids is 1. The van der Waals surface area contributed by atoms with E-state index in [2.05, 4.69) is 4.98 Å². The first-order valence-electron chi connectivity index (χ1n) is 5.34. The molecule has 0 spiro atoms. The minimum absolute atomic E-state index is 0.0516. The van der Waals surface area contributed by atoms with Crippen LogP contribution in [0.15, 0.2) is 0 Å². The molecule has 0 atom stereocenters. The van der Waals surface area contributed by atoms with Gasteiger partial charge >= 0.3 is 5.97 Å². The zero-order chi connectivity index (χ0) is 12.3. The molecule has 0 aromatic carbocycles. The molecule has 1 heterocycles. The highest BCUT2D eigenvalue weighted by Gasteiger charge is 2.14. The number of aryl methyl sites for hydroxylation is 2. The van der Waals surface area contributed by atoms with Gasteiger partial charge in [0.2, 0.25) is 0 Å². The number of carbonyl (C=O) groups excluding carboxylic acids is 1. The lowest BCUT2D eigenvalue weighted by atomic mass is 10.0. The smallest absolute Gasteiger partial charge is 0.303 e. The Bertz CT molecular complexity index is 418. The Morgan fingerprint density at radius 2 is 1.94 bits per heavy atom. The maximum Gasteiger partial charge on any atom is 0.303 e. The van der Waals surface area contributed by atoms with Crippen LogP contribution in [0, 0.1) is 13.8 Å². The standard InChI is InChI=1S/C12H17NO3/c1-7-10(5-4-6-11(15)16)13-8(2)12(7)9(3)14/h13H,4-6H2,1-3H3,(H,15,16). The molecule has 16 heavy (non-hydrogen) atoms. The third-order valence-corrected chi connectivity index (χ3v) is 2.71. The second kappa shape index (κ2) is 4.96. The second-order valence-corrected chi connectivity index (χ2v) is 4.03. The Morgan fingerprint density at radius 3 is 2.38 bits per heavy atom. The number of nitrogens with one attached hydrogen (secondary N) is 1. The van der Waals surface area contributed by atoms with Crippen molar-refractivity contribution in [2.45, 2.75) is 40.0 Å². The van der Waals surface area contributed by atoms with Crippen molar-refractivity contribution in [1.29, 1.82) is 0 Å². The normalized spacial score (nSPS) is 10.4. The molecule has 0 aliphatic carbocycles. The van der Waals surface area contributed by atoms with E-state index >= 15 is 0 Å². The Hall–Kier alpha value is -1.58. The highest BCUT2D eigenvalue weighted by atomic mass is 16.4. The molecule has 88 valence electrons. The minimum Gasteiger partial charge on any atom is -0.481 e. The molecule has 1 rings (SSSR count). The monoisotopic (exact) mass is 223 g/mol. The van der Waals surface area contributed by atoms with Crippen molar-refractivity contribution in [1.82, 2.24) is 4.98 Å². The SMILES string of the molecule is CC(=O)c1c(C)[nH]c(CCCC(=O)O)c1C. The topological polar surface area (TPSA) is 70.2 Å². The first-order valence-corrected chi connectivity index (χ1v) is 5.34. The third-order valence-electron chi connectivity index (χ3n) is 2.71. The highest BCUT2D eigenvalue weighted by Crippen LogP contribution is 2.19. The molecule has 0 bridgehead atoms. The van der Waals surface area contributed by atoms with E-state index in [1.54, 1.807) is 6.92 Å². The van der Waals surface area contributed by atoms with Crippen molar-refractivity contribution in [3.63, 3.8) is 0 Å². The zero-order valence-corrected chi connectivity index (χ0v) is 9.89. The molecule has 0 saturated heterocycles. The number of H-pyrrole nitrogens is 1. The van der Waals surface area contributed by atoms with Crippen molar-refractivity contribution in [3.05, 3.63) is 22.5 Å². The van der Waals surface area contributed by atoms with E-state index in [0.717, 1.165) is 22.5 Å². The van der Waals surface area contributed by atoms with Crippen LogP contribution in [-0.4, -0.2) is 21.8 Å². The van der Waals surface area contributed by atoms with Crippen LogP contribution < -0.4 is 0 Å². The van der Waals surface area contributed by atoms with E-state index in [9.17, 15) is 9.59 Å². The van der Waals surface area contributed by atoms with E-state index < -0.39 is 5.97 Å². The second-order valence-electron chi connectivity index (χ2n) is 4.03. The lowest BCUT2D eigenvalue weighted by Gasteiger charge is -1.99. The summed E-state index contributed by atoms with van der Waals surface area (Å²) in [6.45, 7) is 5.31. The van der Waals surface area contributed by atoms with Crippen molar-refractivity contribution in [2.75, 3.05) is 0 Å². The largest absolute Gasteiger partial charge is 0.481 e. The summed E-state index contributed by atoms with van der Waals surface area (Å²) in [7, 11) is 0. The van der Waals surface area contributed by atoms with Gasteiger partial charge in [-0.25, -0.2) is 0 Å². The van der Waals surface area contributed by atoms with Crippen LogP contribution in [0.3, 0.4) is 0 Å². The zero-order valence-electron chi connectivity index (χ0n) is 9.89. The van der Waals surface area contributed by atoms with Gasteiger partial charge in [-0.3, -0.25) is 9.59 Å². The summed E-state index contributed by atoms with van der Waals surface area (Å²) in [6.07, 6.45) is 1.42. The van der Waals surface area contributed by atoms with Crippen LogP contribution in [0.25, 0.3) is 0 Å². The molecule has 4 heteroatoms. The van der Waals surface area contributed by atoms with Gasteiger partial charge in [0, 0.05) is 23.4 Å². The van der Waals surface area contributed by atoms with Crippen LogP contribution >= 0.6 is 0 Å². The number of rotatable bonds is 5. The first kappa shape index (κ1) is 12.5. The van der Waals surface area contributed by atoms with Crippen LogP contribution in [-0.2, 0) is 11.2 Å². The minimum atomic E-state index is -0.785. The molecular formula is C12H17NO3. The van der Waals surface area contributed by atoms with E-state index in [0.29, 0.717) is 12.8 Å². The van der Waals surface area contributed by atoms with Crippen LogP contribution in [0.1, 0.15) is 47.1 Å². The van der Waals surface area contributed by atoms with Gasteiger partial charge in [-0.15, -0.1) is 0 Å². The number of aliphatic carboxylic acids is 1. The van der Waals surface area contributed by atoms with Crippen LogP contribution in [0.4, 0.5) is 0 Å². The number of hydrogen-bond acceptors (Lipinski definition) is 2. The van der Waals surface area contributed by atoms with Gasteiger partial charge in [-0.2, -0.15) is 0 Å². The number of carbonyl (C=O) groups is 2. The van der Waals surface area contributed by atoms with E-state index in [1.807, 2.05) is 13.8 Å². The summed E-state index contributed by atoms with van der Waals surface area (Å²) in [6, 6.07) is 0.